The molecule has 4 aliphatic rings. The van der Waals surface area contributed by atoms with E-state index in [0.29, 0.717) is 6.61 Å². The van der Waals surface area contributed by atoms with Crippen LogP contribution < -0.4 is 27.0 Å². The number of hydrogen-bond donors (Lipinski definition) is 5. The van der Waals surface area contributed by atoms with Crippen LogP contribution in [0.4, 0.5) is 0 Å². The fourth-order valence-electron chi connectivity index (χ4n) is 6.25. The molecule has 3 aliphatic heterocycles. The van der Waals surface area contributed by atoms with Crippen LogP contribution in [0.2, 0.25) is 0 Å². The third kappa shape index (κ3) is 4.60. The van der Waals surface area contributed by atoms with E-state index in [4.69, 9.17) is 22.1 Å². The monoisotopic (exact) mass is 427 g/mol. The normalized spacial score (nSPS) is 42.2. The molecule has 4 fully saturated rings. The lowest BCUT2D eigenvalue weighted by Gasteiger charge is -2.41. The van der Waals surface area contributed by atoms with Crippen molar-refractivity contribution in [1.29, 1.82) is 0 Å². The van der Waals surface area contributed by atoms with Gasteiger partial charge >= 0.3 is 0 Å². The summed E-state index contributed by atoms with van der Waals surface area (Å²) in [5.74, 6) is -0.286. The fraction of sp³-hybridized carbons (Fsp3) is 0.952. The zero-order valence-electron chi connectivity index (χ0n) is 17.6. The van der Waals surface area contributed by atoms with Gasteiger partial charge in [-0.3, -0.25) is 10.1 Å². The van der Waals surface area contributed by atoms with Gasteiger partial charge < -0.3 is 26.4 Å². The Morgan fingerprint density at radius 1 is 1.31 bits per heavy atom. The Morgan fingerprint density at radius 3 is 2.86 bits per heavy atom. The summed E-state index contributed by atoms with van der Waals surface area (Å²) < 4.78 is 5.89. The van der Waals surface area contributed by atoms with Gasteiger partial charge in [-0.25, -0.2) is 0 Å². The predicted octanol–water partition coefficient (Wildman–Crippen LogP) is 0.662. The van der Waals surface area contributed by atoms with Crippen LogP contribution in [0.1, 0.15) is 51.9 Å². The molecule has 3 saturated heterocycles. The lowest BCUT2D eigenvalue weighted by Crippen LogP contribution is -2.61. The highest BCUT2D eigenvalue weighted by molar-refractivity contribution is 6.20. The maximum absolute atomic E-state index is 13.5. The highest BCUT2D eigenvalue weighted by Gasteiger charge is 2.51. The van der Waals surface area contributed by atoms with E-state index in [1.807, 2.05) is 6.92 Å². The summed E-state index contributed by atoms with van der Waals surface area (Å²) >= 11 is 6.64. The van der Waals surface area contributed by atoms with Crippen molar-refractivity contribution in [3.63, 3.8) is 0 Å². The zero-order chi connectivity index (χ0) is 20.4. The molecule has 6 N–H and O–H groups in total. The van der Waals surface area contributed by atoms with Gasteiger partial charge in [0.25, 0.3) is 0 Å². The number of hydrogen-bond acceptors (Lipinski definition) is 6. The van der Waals surface area contributed by atoms with Crippen molar-refractivity contribution < 1.29 is 9.53 Å². The van der Waals surface area contributed by atoms with Crippen molar-refractivity contribution in [2.24, 2.45) is 17.1 Å². The molecule has 29 heavy (non-hydrogen) atoms. The van der Waals surface area contributed by atoms with Crippen molar-refractivity contribution in [3.8, 4) is 0 Å². The van der Waals surface area contributed by atoms with Gasteiger partial charge in [0.15, 0.2) is 0 Å². The van der Waals surface area contributed by atoms with Crippen LogP contribution in [-0.2, 0) is 9.53 Å². The Kier molecular flexibility index (Phi) is 7.03. The van der Waals surface area contributed by atoms with Gasteiger partial charge in [0.05, 0.1) is 24.2 Å². The number of amides is 1. The molecule has 7 atom stereocenters. The lowest BCUT2D eigenvalue weighted by atomic mass is 9.71. The number of ether oxygens (including phenoxy) is 1. The van der Waals surface area contributed by atoms with Crippen molar-refractivity contribution in [1.82, 2.24) is 21.3 Å². The van der Waals surface area contributed by atoms with Crippen LogP contribution in [0.15, 0.2) is 0 Å². The van der Waals surface area contributed by atoms with Crippen LogP contribution >= 0.6 is 11.6 Å². The van der Waals surface area contributed by atoms with Crippen molar-refractivity contribution in [2.45, 2.75) is 87.6 Å². The first-order chi connectivity index (χ1) is 14.0. The number of carbonyl (C=O) groups is 1. The summed E-state index contributed by atoms with van der Waals surface area (Å²) in [6, 6.07) is 0.316. The number of fused-ring (bicyclic) bond motifs is 1. The van der Waals surface area contributed by atoms with E-state index in [9.17, 15) is 4.79 Å². The van der Waals surface area contributed by atoms with Crippen molar-refractivity contribution in [3.05, 3.63) is 0 Å². The van der Waals surface area contributed by atoms with E-state index in [1.54, 1.807) is 0 Å². The third-order valence-electron chi connectivity index (χ3n) is 7.70. The molecule has 2 bridgehead atoms. The molecule has 4 rings (SSSR count). The van der Waals surface area contributed by atoms with Crippen LogP contribution in [0.3, 0.4) is 0 Å². The second-order valence-corrected chi connectivity index (χ2v) is 10.1. The van der Waals surface area contributed by atoms with Crippen LogP contribution in [-0.4, -0.2) is 67.9 Å². The van der Waals surface area contributed by atoms with Gasteiger partial charge in [0.1, 0.15) is 0 Å². The number of piperidine rings is 1. The molecular weight excluding hydrogens is 390 g/mol. The highest BCUT2D eigenvalue weighted by Crippen LogP contribution is 2.49. The minimum Gasteiger partial charge on any atom is -0.376 e. The summed E-state index contributed by atoms with van der Waals surface area (Å²) in [6.07, 6.45) is 7.42. The van der Waals surface area contributed by atoms with Crippen LogP contribution in [0.25, 0.3) is 0 Å². The molecule has 1 aliphatic carbocycles. The number of halogens is 1. The molecule has 1 spiro atoms. The highest BCUT2D eigenvalue weighted by atomic mass is 35.5. The molecule has 0 aromatic carbocycles. The van der Waals surface area contributed by atoms with Crippen LogP contribution in [0, 0.1) is 11.3 Å². The fourth-order valence-corrected chi connectivity index (χ4v) is 6.52. The van der Waals surface area contributed by atoms with Gasteiger partial charge in [0.2, 0.25) is 5.91 Å². The summed E-state index contributed by atoms with van der Waals surface area (Å²) in [4.78, 5) is 13.5. The standard InChI is InChI=1S/C21H38ClN5O2/c1-2-29-16-5-8-24-12-15(16)26-20(28)18-14-10-21(6-3-4-7-21)17(27-19(18)23)9-13(22)11-25-14/h13-19,24-25,27H,2-12,23H2,1H3,(H,26,28). The van der Waals surface area contributed by atoms with E-state index < -0.39 is 0 Å². The molecule has 7 nitrogen and oxygen atoms in total. The van der Waals surface area contributed by atoms with E-state index >= 15 is 0 Å². The van der Waals surface area contributed by atoms with Gasteiger partial charge in [0, 0.05) is 37.2 Å². The Labute approximate surface area is 179 Å². The average molecular weight is 428 g/mol. The molecule has 1 saturated carbocycles. The largest absolute Gasteiger partial charge is 0.376 e. The Hall–Kier alpha value is -0.440. The number of carbonyl (C=O) groups excluding carboxylic acids is 1. The third-order valence-corrected chi connectivity index (χ3v) is 8.03. The van der Waals surface area contributed by atoms with Gasteiger partial charge in [-0.1, -0.05) is 12.8 Å². The number of nitrogens with one attached hydrogen (secondary N) is 4. The first kappa shape index (κ1) is 21.8. The quantitative estimate of drug-likeness (QED) is 0.423. The second kappa shape index (κ2) is 9.37. The summed E-state index contributed by atoms with van der Waals surface area (Å²) in [5, 5.41) is 14.0. The number of nitrogens with two attached hydrogens (primary N) is 1. The van der Waals surface area contributed by atoms with Gasteiger partial charge in [-0.05, 0) is 51.0 Å². The Morgan fingerprint density at radius 2 is 2.10 bits per heavy atom. The molecule has 0 radical (unpaired) electrons. The molecule has 7 unspecified atom stereocenters. The summed E-state index contributed by atoms with van der Waals surface area (Å²) in [5.41, 5.74) is 6.84. The van der Waals surface area contributed by atoms with Gasteiger partial charge in [-0.15, -0.1) is 11.6 Å². The minimum absolute atomic E-state index is 0.0190. The number of rotatable bonds is 4. The van der Waals surface area contributed by atoms with Gasteiger partial charge in [-0.2, -0.15) is 0 Å². The average Bonchev–Trinajstić information content (AvgIpc) is 3.14. The Bertz CT molecular complexity index is 571. The second-order valence-electron chi connectivity index (χ2n) is 9.49. The molecule has 1 amide bonds. The van der Waals surface area contributed by atoms with E-state index in [-0.39, 0.29) is 53.0 Å². The number of alkyl halides is 1. The van der Waals surface area contributed by atoms with E-state index in [1.165, 1.54) is 25.7 Å². The zero-order valence-corrected chi connectivity index (χ0v) is 18.3. The molecular formula is C21H38ClN5O2. The molecule has 0 aromatic heterocycles. The van der Waals surface area contributed by atoms with Crippen molar-refractivity contribution in [2.75, 3.05) is 26.2 Å². The molecule has 8 heteroatoms. The molecule has 166 valence electrons. The summed E-state index contributed by atoms with van der Waals surface area (Å²) in [6.45, 7) is 5.05. The van der Waals surface area contributed by atoms with Crippen LogP contribution in [0.5, 0.6) is 0 Å². The predicted molar refractivity (Wildman–Crippen MR) is 115 cm³/mol. The topological polar surface area (TPSA) is 100 Å². The minimum atomic E-state index is -0.374. The smallest absolute Gasteiger partial charge is 0.227 e. The summed E-state index contributed by atoms with van der Waals surface area (Å²) in [7, 11) is 0. The first-order valence-electron chi connectivity index (χ1n) is 11.5. The maximum atomic E-state index is 13.5. The molecule has 3 heterocycles. The molecule has 0 aromatic rings. The Balaban J connectivity index is 1.53. The maximum Gasteiger partial charge on any atom is 0.227 e. The first-order valence-corrected chi connectivity index (χ1v) is 12.0. The van der Waals surface area contributed by atoms with E-state index in [0.717, 1.165) is 38.9 Å². The van der Waals surface area contributed by atoms with Crippen molar-refractivity contribution >= 4 is 17.5 Å². The SMILES string of the molecule is CCOC1CCNCC1NC(=O)C1C(N)NC2CC(Cl)CNC1CC21CCCC1. The lowest BCUT2D eigenvalue weighted by molar-refractivity contribution is -0.129. The van der Waals surface area contributed by atoms with E-state index in [2.05, 4.69) is 21.3 Å².